The summed E-state index contributed by atoms with van der Waals surface area (Å²) in [6.07, 6.45) is 1.85. The van der Waals surface area contributed by atoms with Crippen LogP contribution in [0.15, 0.2) is 57.9 Å². The Balaban J connectivity index is 1.75. The Hall–Kier alpha value is -1.34. The minimum atomic E-state index is -0.111. The van der Waals surface area contributed by atoms with Gasteiger partial charge in [-0.2, -0.15) is 0 Å². The predicted octanol–water partition coefficient (Wildman–Crippen LogP) is 5.37. The summed E-state index contributed by atoms with van der Waals surface area (Å²) in [6.45, 7) is 0.279. The average Bonchev–Trinajstić information content (AvgIpc) is 2.83. The maximum absolute atomic E-state index is 12.6. The third-order valence-corrected chi connectivity index (χ3v) is 5.80. The molecule has 0 bridgehead atoms. The van der Waals surface area contributed by atoms with E-state index in [9.17, 15) is 4.79 Å². The van der Waals surface area contributed by atoms with Crippen LogP contribution >= 0.6 is 51.5 Å². The second-order valence-electron chi connectivity index (χ2n) is 4.95. The van der Waals surface area contributed by atoms with Crippen LogP contribution in [0.4, 0.5) is 5.69 Å². The van der Waals surface area contributed by atoms with Gasteiger partial charge in [-0.25, -0.2) is 0 Å². The van der Waals surface area contributed by atoms with E-state index in [1.165, 1.54) is 16.7 Å². The van der Waals surface area contributed by atoms with E-state index in [4.69, 9.17) is 23.8 Å². The number of thioether (sulfide) groups is 1. The molecular weight excluding hydrogens is 428 g/mol. The highest BCUT2D eigenvalue weighted by molar-refractivity contribution is 9.10. The monoisotopic (exact) mass is 438 g/mol. The van der Waals surface area contributed by atoms with Crippen molar-refractivity contribution in [3.05, 3.63) is 68.5 Å². The minimum Gasteiger partial charge on any atom is -0.366 e. The Kier molecular flexibility index (Phi) is 5.61. The molecule has 0 atom stereocenters. The molecule has 0 spiro atoms. The average molecular weight is 440 g/mol. The first-order chi connectivity index (χ1) is 11.6. The first-order valence-corrected chi connectivity index (χ1v) is 9.44. The lowest BCUT2D eigenvalue weighted by molar-refractivity contribution is -0.121. The van der Waals surface area contributed by atoms with Crippen molar-refractivity contribution >= 4 is 73.5 Å². The van der Waals surface area contributed by atoms with Crippen molar-refractivity contribution in [3.8, 4) is 0 Å². The summed E-state index contributed by atoms with van der Waals surface area (Å²) in [6, 6.07) is 15.1. The zero-order chi connectivity index (χ0) is 17.1. The van der Waals surface area contributed by atoms with Crippen LogP contribution < -0.4 is 5.32 Å². The summed E-state index contributed by atoms with van der Waals surface area (Å²) in [7, 11) is 0. The number of para-hydroxylation sites is 1. The molecule has 2 aromatic rings. The fourth-order valence-electron chi connectivity index (χ4n) is 2.14. The SMILES string of the molecule is O=C1/C(=C/c2ccccc2Br)SC(=S)N1CNc1ccccc1Cl. The minimum absolute atomic E-state index is 0.111. The van der Waals surface area contributed by atoms with Gasteiger partial charge in [0.15, 0.2) is 0 Å². The van der Waals surface area contributed by atoms with Crippen molar-refractivity contribution in [2.45, 2.75) is 0 Å². The summed E-state index contributed by atoms with van der Waals surface area (Å²) < 4.78 is 1.46. The number of halogens is 2. The van der Waals surface area contributed by atoms with Crippen LogP contribution in [0.5, 0.6) is 0 Å². The van der Waals surface area contributed by atoms with E-state index in [0.717, 1.165) is 15.7 Å². The lowest BCUT2D eigenvalue weighted by Crippen LogP contribution is -2.33. The molecule has 2 aromatic carbocycles. The van der Waals surface area contributed by atoms with Gasteiger partial charge in [-0.1, -0.05) is 81.8 Å². The molecule has 1 fully saturated rings. The van der Waals surface area contributed by atoms with Gasteiger partial charge in [-0.3, -0.25) is 9.69 Å². The van der Waals surface area contributed by atoms with Gasteiger partial charge in [0.1, 0.15) is 4.32 Å². The normalized spacial score (nSPS) is 16.1. The summed E-state index contributed by atoms with van der Waals surface area (Å²) in [4.78, 5) is 14.7. The Morgan fingerprint density at radius 2 is 1.92 bits per heavy atom. The largest absolute Gasteiger partial charge is 0.366 e. The topological polar surface area (TPSA) is 32.3 Å². The summed E-state index contributed by atoms with van der Waals surface area (Å²) >= 11 is 16.2. The van der Waals surface area contributed by atoms with E-state index in [1.54, 1.807) is 6.07 Å². The summed E-state index contributed by atoms with van der Waals surface area (Å²) in [5.41, 5.74) is 1.71. The van der Waals surface area contributed by atoms with E-state index < -0.39 is 0 Å². The molecule has 1 amide bonds. The Morgan fingerprint density at radius 1 is 1.21 bits per heavy atom. The van der Waals surface area contributed by atoms with Gasteiger partial charge >= 0.3 is 0 Å². The maximum atomic E-state index is 12.6. The Bertz CT molecular complexity index is 841. The first-order valence-electron chi connectivity index (χ1n) is 7.04. The molecule has 3 nitrogen and oxygen atoms in total. The summed E-state index contributed by atoms with van der Waals surface area (Å²) in [5, 5.41) is 3.75. The number of amides is 1. The number of benzene rings is 2. The Labute approximate surface area is 163 Å². The molecule has 1 saturated heterocycles. The van der Waals surface area contributed by atoms with E-state index in [2.05, 4.69) is 21.2 Å². The highest BCUT2D eigenvalue weighted by atomic mass is 79.9. The fourth-order valence-corrected chi connectivity index (χ4v) is 3.99. The van der Waals surface area contributed by atoms with Gasteiger partial charge in [0.05, 0.1) is 22.3 Å². The standard InChI is InChI=1S/C17H12BrClN2OS2/c18-12-6-2-1-5-11(12)9-15-16(22)21(17(23)24-15)10-20-14-8-4-3-7-13(14)19/h1-9,20H,10H2/b15-9-. The van der Waals surface area contributed by atoms with Gasteiger partial charge in [-0.15, -0.1) is 0 Å². The molecule has 3 rings (SSSR count). The second-order valence-corrected chi connectivity index (χ2v) is 7.88. The lowest BCUT2D eigenvalue weighted by atomic mass is 10.2. The number of carbonyl (C=O) groups excluding carboxylic acids is 1. The van der Waals surface area contributed by atoms with Gasteiger partial charge in [0.25, 0.3) is 5.91 Å². The molecule has 0 aromatic heterocycles. The number of nitrogens with one attached hydrogen (secondary N) is 1. The number of hydrogen-bond donors (Lipinski definition) is 1. The lowest BCUT2D eigenvalue weighted by Gasteiger charge is -2.16. The zero-order valence-corrected chi connectivity index (χ0v) is 16.3. The van der Waals surface area contributed by atoms with E-state index in [0.29, 0.717) is 14.2 Å². The second kappa shape index (κ2) is 7.70. The molecule has 0 aliphatic carbocycles. The van der Waals surface area contributed by atoms with Crippen molar-refractivity contribution in [3.63, 3.8) is 0 Å². The van der Waals surface area contributed by atoms with Gasteiger partial charge in [0.2, 0.25) is 0 Å². The van der Waals surface area contributed by atoms with Crippen molar-refractivity contribution < 1.29 is 4.79 Å². The molecule has 1 aliphatic heterocycles. The Morgan fingerprint density at radius 3 is 2.67 bits per heavy atom. The van der Waals surface area contributed by atoms with Crippen LogP contribution in [0, 0.1) is 0 Å². The fraction of sp³-hybridized carbons (Fsp3) is 0.0588. The van der Waals surface area contributed by atoms with E-state index >= 15 is 0 Å². The molecule has 1 heterocycles. The van der Waals surface area contributed by atoms with Crippen LogP contribution in [0.3, 0.4) is 0 Å². The quantitative estimate of drug-likeness (QED) is 0.512. The van der Waals surface area contributed by atoms with Crippen LogP contribution in [0.1, 0.15) is 5.56 Å². The van der Waals surface area contributed by atoms with Crippen LogP contribution in [-0.4, -0.2) is 21.8 Å². The molecule has 0 radical (unpaired) electrons. The summed E-state index contributed by atoms with van der Waals surface area (Å²) in [5.74, 6) is -0.111. The highest BCUT2D eigenvalue weighted by Gasteiger charge is 2.31. The van der Waals surface area contributed by atoms with Crippen molar-refractivity contribution in [1.29, 1.82) is 0 Å². The van der Waals surface area contributed by atoms with Crippen LogP contribution in [0.2, 0.25) is 5.02 Å². The van der Waals surface area contributed by atoms with Crippen molar-refractivity contribution in [1.82, 2.24) is 4.90 Å². The van der Waals surface area contributed by atoms with Gasteiger partial charge < -0.3 is 5.32 Å². The highest BCUT2D eigenvalue weighted by Crippen LogP contribution is 2.34. The predicted molar refractivity (Wildman–Crippen MR) is 109 cm³/mol. The number of carbonyl (C=O) groups is 1. The molecule has 0 saturated carbocycles. The molecule has 0 unspecified atom stereocenters. The number of anilines is 1. The molecule has 122 valence electrons. The molecule has 24 heavy (non-hydrogen) atoms. The molecule has 7 heteroatoms. The molecule has 1 N–H and O–H groups in total. The van der Waals surface area contributed by atoms with Gasteiger partial charge in [-0.05, 0) is 29.8 Å². The number of hydrogen-bond acceptors (Lipinski definition) is 4. The third-order valence-electron chi connectivity index (χ3n) is 3.37. The first kappa shape index (κ1) is 17.5. The molecule has 1 aliphatic rings. The smallest absolute Gasteiger partial charge is 0.267 e. The maximum Gasteiger partial charge on any atom is 0.267 e. The number of rotatable bonds is 4. The van der Waals surface area contributed by atoms with E-state index in [-0.39, 0.29) is 12.6 Å². The van der Waals surface area contributed by atoms with Crippen LogP contribution in [-0.2, 0) is 4.79 Å². The van der Waals surface area contributed by atoms with Crippen molar-refractivity contribution in [2.75, 3.05) is 12.0 Å². The van der Waals surface area contributed by atoms with Crippen LogP contribution in [0.25, 0.3) is 6.08 Å². The number of nitrogens with zero attached hydrogens (tertiary/aromatic N) is 1. The van der Waals surface area contributed by atoms with Crippen molar-refractivity contribution in [2.24, 2.45) is 0 Å². The zero-order valence-electron chi connectivity index (χ0n) is 12.3. The number of thiocarbonyl (C=S) groups is 1. The molecular formula is C17H12BrClN2OS2. The third kappa shape index (κ3) is 3.83. The van der Waals surface area contributed by atoms with E-state index in [1.807, 2.05) is 48.5 Å². The van der Waals surface area contributed by atoms with Gasteiger partial charge in [0, 0.05) is 4.47 Å².